The number of fused-ring (bicyclic) bond motifs is 1. The van der Waals surface area contributed by atoms with E-state index >= 15 is 0 Å². The molecule has 0 aromatic heterocycles. The number of hydrogen-bond acceptors (Lipinski definition) is 3. The van der Waals surface area contributed by atoms with Crippen molar-refractivity contribution in [2.45, 2.75) is 19.6 Å². The van der Waals surface area contributed by atoms with Gasteiger partial charge in [-0.3, -0.25) is 4.79 Å². The maximum Gasteiger partial charge on any atom is 0.407 e. The summed E-state index contributed by atoms with van der Waals surface area (Å²) in [7, 11) is 0. The summed E-state index contributed by atoms with van der Waals surface area (Å²) in [6, 6.07) is 15.4. The van der Waals surface area contributed by atoms with Crippen molar-refractivity contribution >= 4 is 12.0 Å². The van der Waals surface area contributed by atoms with E-state index in [-0.39, 0.29) is 12.5 Å². The number of hydrogen-bond donors (Lipinski definition) is 2. The first-order valence-electron chi connectivity index (χ1n) is 7.57. The van der Waals surface area contributed by atoms with E-state index < -0.39 is 6.09 Å². The molecule has 0 fully saturated rings. The minimum Gasteiger partial charge on any atom is -0.445 e. The van der Waals surface area contributed by atoms with Crippen LogP contribution in [0.25, 0.3) is 0 Å². The second-order valence-electron chi connectivity index (χ2n) is 5.41. The Bertz CT molecular complexity index is 713. The van der Waals surface area contributed by atoms with Gasteiger partial charge in [0, 0.05) is 18.7 Å². The lowest BCUT2D eigenvalue weighted by Crippen LogP contribution is -2.26. The van der Waals surface area contributed by atoms with Crippen molar-refractivity contribution < 1.29 is 14.3 Å². The van der Waals surface area contributed by atoms with Crippen LogP contribution in [-0.2, 0) is 24.3 Å². The number of carbonyl (C=O) groups is 2. The largest absolute Gasteiger partial charge is 0.445 e. The highest BCUT2D eigenvalue weighted by atomic mass is 16.5. The van der Waals surface area contributed by atoms with Gasteiger partial charge in [0.1, 0.15) is 6.61 Å². The fraction of sp³-hybridized carbons (Fsp3) is 0.222. The third-order valence-corrected chi connectivity index (χ3v) is 3.75. The summed E-state index contributed by atoms with van der Waals surface area (Å²) >= 11 is 0. The van der Waals surface area contributed by atoms with Crippen LogP contribution in [0.3, 0.4) is 0 Å². The Balaban J connectivity index is 1.43. The Morgan fingerprint density at radius 3 is 2.78 bits per heavy atom. The predicted octanol–water partition coefficient (Wildman–Crippen LogP) is 2.40. The average Bonchev–Trinajstić information content (AvgIpc) is 2.95. The molecule has 0 radical (unpaired) electrons. The molecule has 0 bridgehead atoms. The van der Waals surface area contributed by atoms with Gasteiger partial charge in [-0.15, -0.1) is 0 Å². The molecule has 0 aliphatic carbocycles. The van der Waals surface area contributed by atoms with Gasteiger partial charge in [-0.25, -0.2) is 4.79 Å². The van der Waals surface area contributed by atoms with Crippen LogP contribution < -0.4 is 10.6 Å². The Hall–Kier alpha value is -2.82. The van der Waals surface area contributed by atoms with Gasteiger partial charge in [-0.2, -0.15) is 0 Å². The van der Waals surface area contributed by atoms with Crippen LogP contribution in [0, 0.1) is 0 Å². The van der Waals surface area contributed by atoms with Gasteiger partial charge in [-0.05, 0) is 29.2 Å². The Morgan fingerprint density at radius 1 is 1.13 bits per heavy atom. The van der Waals surface area contributed by atoms with E-state index in [1.807, 2.05) is 48.5 Å². The summed E-state index contributed by atoms with van der Waals surface area (Å²) in [5.74, 6) is -0.0305. The number of carbonyl (C=O) groups excluding carboxylic acids is 2. The third kappa shape index (κ3) is 3.88. The third-order valence-electron chi connectivity index (χ3n) is 3.75. The summed E-state index contributed by atoms with van der Waals surface area (Å²) in [4.78, 5) is 23.3. The second kappa shape index (κ2) is 6.96. The number of benzene rings is 2. The molecular formula is C18H18N2O3. The average molecular weight is 310 g/mol. The Kier molecular flexibility index (Phi) is 4.57. The van der Waals surface area contributed by atoms with Crippen molar-refractivity contribution in [3.05, 3.63) is 70.8 Å². The van der Waals surface area contributed by atoms with Crippen molar-refractivity contribution in [1.82, 2.24) is 10.6 Å². The first-order valence-corrected chi connectivity index (χ1v) is 7.57. The van der Waals surface area contributed by atoms with Crippen molar-refractivity contribution in [3.8, 4) is 0 Å². The fourth-order valence-corrected chi connectivity index (χ4v) is 2.50. The van der Waals surface area contributed by atoms with E-state index in [2.05, 4.69) is 10.6 Å². The van der Waals surface area contributed by atoms with Gasteiger partial charge >= 0.3 is 6.09 Å². The van der Waals surface area contributed by atoms with E-state index in [4.69, 9.17) is 4.74 Å². The summed E-state index contributed by atoms with van der Waals surface area (Å²) in [5, 5.41) is 5.51. The molecule has 0 atom stereocenters. The van der Waals surface area contributed by atoms with Crippen LogP contribution in [-0.4, -0.2) is 18.5 Å². The molecule has 118 valence electrons. The molecule has 0 saturated carbocycles. The van der Waals surface area contributed by atoms with Gasteiger partial charge in [0.05, 0.1) is 0 Å². The van der Waals surface area contributed by atoms with E-state index in [1.165, 1.54) is 0 Å². The Labute approximate surface area is 134 Å². The quantitative estimate of drug-likeness (QED) is 0.891. The first kappa shape index (κ1) is 15.1. The van der Waals surface area contributed by atoms with Crippen molar-refractivity contribution in [3.63, 3.8) is 0 Å². The highest BCUT2D eigenvalue weighted by Crippen LogP contribution is 2.17. The molecule has 0 saturated heterocycles. The van der Waals surface area contributed by atoms with Gasteiger partial charge in [0.2, 0.25) is 0 Å². The smallest absolute Gasteiger partial charge is 0.407 e. The molecule has 2 aromatic rings. The number of alkyl carbamates (subject to hydrolysis) is 1. The topological polar surface area (TPSA) is 67.4 Å². The van der Waals surface area contributed by atoms with Crippen molar-refractivity contribution in [2.75, 3.05) is 6.54 Å². The molecule has 1 aliphatic rings. The second-order valence-corrected chi connectivity index (χ2v) is 5.41. The highest BCUT2D eigenvalue weighted by molar-refractivity contribution is 5.98. The highest BCUT2D eigenvalue weighted by Gasteiger charge is 2.18. The van der Waals surface area contributed by atoms with Gasteiger partial charge in [0.15, 0.2) is 0 Å². The zero-order valence-corrected chi connectivity index (χ0v) is 12.7. The molecule has 3 rings (SSSR count). The van der Waals surface area contributed by atoms with Crippen molar-refractivity contribution in [1.29, 1.82) is 0 Å². The predicted molar refractivity (Wildman–Crippen MR) is 85.9 cm³/mol. The molecule has 5 heteroatoms. The van der Waals surface area contributed by atoms with Crippen LogP contribution in [0.5, 0.6) is 0 Å². The van der Waals surface area contributed by atoms with E-state index in [9.17, 15) is 9.59 Å². The molecule has 1 heterocycles. The monoisotopic (exact) mass is 310 g/mol. The summed E-state index contributed by atoms with van der Waals surface area (Å²) < 4.78 is 5.14. The van der Waals surface area contributed by atoms with Gasteiger partial charge < -0.3 is 15.4 Å². The van der Waals surface area contributed by atoms with E-state index in [1.54, 1.807) is 0 Å². The van der Waals surface area contributed by atoms with Crippen molar-refractivity contribution in [2.24, 2.45) is 0 Å². The molecule has 5 nitrogen and oxygen atoms in total. The van der Waals surface area contributed by atoms with Crippen LogP contribution in [0.1, 0.15) is 27.0 Å². The molecule has 23 heavy (non-hydrogen) atoms. The lowest BCUT2D eigenvalue weighted by molar-refractivity contribution is 0.0965. The summed E-state index contributed by atoms with van der Waals surface area (Å²) in [6.07, 6.45) is 0.217. The number of rotatable bonds is 5. The normalized spacial score (nSPS) is 12.4. The Morgan fingerprint density at radius 2 is 1.96 bits per heavy atom. The van der Waals surface area contributed by atoms with E-state index in [0.29, 0.717) is 19.5 Å². The molecule has 0 spiro atoms. The summed E-state index contributed by atoms with van der Waals surface area (Å²) in [5.41, 5.74) is 3.72. The molecular weight excluding hydrogens is 292 g/mol. The zero-order chi connectivity index (χ0) is 16.1. The summed E-state index contributed by atoms with van der Waals surface area (Å²) in [6.45, 7) is 1.32. The van der Waals surface area contributed by atoms with Gasteiger partial charge in [-0.1, -0.05) is 42.5 Å². The fourth-order valence-electron chi connectivity index (χ4n) is 2.50. The molecule has 2 N–H and O–H groups in total. The number of nitrogens with one attached hydrogen (secondary N) is 2. The van der Waals surface area contributed by atoms with Crippen LogP contribution in [0.15, 0.2) is 48.5 Å². The SMILES string of the molecule is O=C(NCCc1ccc2c(c1)C(=O)NC2)OCc1ccccc1. The molecule has 2 amide bonds. The lowest BCUT2D eigenvalue weighted by atomic mass is 10.0. The van der Waals surface area contributed by atoms with Gasteiger partial charge in [0.25, 0.3) is 5.91 Å². The first-order chi connectivity index (χ1) is 11.2. The maximum absolute atomic E-state index is 11.6. The zero-order valence-electron chi connectivity index (χ0n) is 12.7. The molecule has 1 aliphatic heterocycles. The van der Waals surface area contributed by atoms with Crippen LogP contribution >= 0.6 is 0 Å². The molecule has 2 aromatic carbocycles. The van der Waals surface area contributed by atoms with E-state index in [0.717, 1.165) is 22.3 Å². The maximum atomic E-state index is 11.6. The number of amides is 2. The molecule has 0 unspecified atom stereocenters. The number of ether oxygens (including phenoxy) is 1. The lowest BCUT2D eigenvalue weighted by Gasteiger charge is -2.08. The minimum atomic E-state index is -0.437. The van der Waals surface area contributed by atoms with Crippen LogP contribution in [0.4, 0.5) is 4.79 Å². The van der Waals surface area contributed by atoms with Crippen LogP contribution in [0.2, 0.25) is 0 Å². The minimum absolute atomic E-state index is 0.0305. The standard InChI is InChI=1S/C18H18N2O3/c21-17-16-10-13(6-7-15(16)11-20-17)8-9-19-18(22)23-12-14-4-2-1-3-5-14/h1-7,10H,8-9,11-12H2,(H,19,22)(H,20,21).